The quantitative estimate of drug-likeness (QED) is 0.843. The van der Waals surface area contributed by atoms with E-state index in [0.29, 0.717) is 13.0 Å². The van der Waals surface area contributed by atoms with Gasteiger partial charge in [-0.25, -0.2) is 9.37 Å². The number of halogens is 1. The second-order valence-corrected chi connectivity index (χ2v) is 5.07. The molecule has 0 saturated carbocycles. The Hall–Kier alpha value is -1.95. The van der Waals surface area contributed by atoms with Crippen molar-refractivity contribution in [3.8, 4) is 0 Å². The highest BCUT2D eigenvalue weighted by Gasteiger charge is 2.08. The normalized spacial score (nSPS) is 10.4. The van der Waals surface area contributed by atoms with Crippen LogP contribution >= 0.6 is 11.3 Å². The van der Waals surface area contributed by atoms with Gasteiger partial charge in [-0.15, -0.1) is 11.3 Å². The van der Waals surface area contributed by atoms with Crippen LogP contribution in [0.5, 0.6) is 0 Å². The van der Waals surface area contributed by atoms with Crippen LogP contribution in [0.3, 0.4) is 0 Å². The topological polar surface area (TPSA) is 68.0 Å². The van der Waals surface area contributed by atoms with E-state index in [-0.39, 0.29) is 17.2 Å². The van der Waals surface area contributed by atoms with Crippen molar-refractivity contribution in [1.82, 2.24) is 10.3 Å². The molecule has 0 radical (unpaired) electrons. The average Bonchev–Trinajstić information content (AvgIpc) is 2.78. The summed E-state index contributed by atoms with van der Waals surface area (Å²) < 4.78 is 13.2. The standard InChI is InChI=1S/C13H14FN3OS/c1-8-7-19-12(17-8)4-5-16-13(18)9-2-3-11(15)10(14)6-9/h2-3,6-7H,4-5,15H2,1H3,(H,16,18). The molecule has 19 heavy (non-hydrogen) atoms. The Balaban J connectivity index is 1.89. The minimum absolute atomic E-state index is 0.0369. The summed E-state index contributed by atoms with van der Waals surface area (Å²) in [7, 11) is 0. The van der Waals surface area contributed by atoms with E-state index in [2.05, 4.69) is 10.3 Å². The van der Waals surface area contributed by atoms with Crippen molar-refractivity contribution in [3.63, 3.8) is 0 Å². The minimum Gasteiger partial charge on any atom is -0.396 e. The summed E-state index contributed by atoms with van der Waals surface area (Å²) in [6, 6.07) is 4.02. The zero-order valence-electron chi connectivity index (χ0n) is 10.4. The molecule has 0 unspecified atom stereocenters. The fourth-order valence-corrected chi connectivity index (χ4v) is 2.35. The number of nitrogen functional groups attached to an aromatic ring is 1. The summed E-state index contributed by atoms with van der Waals surface area (Å²) in [5.41, 5.74) is 6.63. The number of nitrogens with two attached hydrogens (primary N) is 1. The molecule has 4 nitrogen and oxygen atoms in total. The van der Waals surface area contributed by atoms with E-state index in [4.69, 9.17) is 5.73 Å². The van der Waals surface area contributed by atoms with E-state index >= 15 is 0 Å². The van der Waals surface area contributed by atoms with Crippen LogP contribution in [0.2, 0.25) is 0 Å². The van der Waals surface area contributed by atoms with Gasteiger partial charge < -0.3 is 11.1 Å². The third kappa shape index (κ3) is 3.51. The fourth-order valence-electron chi connectivity index (χ4n) is 1.57. The van der Waals surface area contributed by atoms with Gasteiger partial charge in [-0.2, -0.15) is 0 Å². The molecule has 0 atom stereocenters. The van der Waals surface area contributed by atoms with Crippen LogP contribution in [0.4, 0.5) is 10.1 Å². The number of amides is 1. The van der Waals surface area contributed by atoms with E-state index < -0.39 is 5.82 Å². The lowest BCUT2D eigenvalue weighted by Crippen LogP contribution is -2.25. The molecular weight excluding hydrogens is 265 g/mol. The van der Waals surface area contributed by atoms with Crippen LogP contribution in [0.25, 0.3) is 0 Å². The van der Waals surface area contributed by atoms with Crippen molar-refractivity contribution in [2.75, 3.05) is 12.3 Å². The number of carbonyl (C=O) groups is 1. The molecule has 2 aromatic rings. The van der Waals surface area contributed by atoms with E-state index in [0.717, 1.165) is 16.8 Å². The maximum atomic E-state index is 13.2. The molecule has 1 heterocycles. The average molecular weight is 279 g/mol. The molecule has 0 bridgehead atoms. The van der Waals surface area contributed by atoms with Crippen LogP contribution < -0.4 is 11.1 Å². The first-order valence-electron chi connectivity index (χ1n) is 5.80. The molecule has 100 valence electrons. The largest absolute Gasteiger partial charge is 0.396 e. The predicted octanol–water partition coefficient (Wildman–Crippen LogP) is 2.15. The molecule has 1 aromatic heterocycles. The number of carbonyl (C=O) groups excluding carboxylic acids is 1. The van der Waals surface area contributed by atoms with Gasteiger partial charge in [0.05, 0.1) is 10.7 Å². The van der Waals surface area contributed by atoms with Crippen LogP contribution in [-0.2, 0) is 6.42 Å². The number of benzene rings is 1. The lowest BCUT2D eigenvalue weighted by Gasteiger charge is -2.05. The number of hydrogen-bond donors (Lipinski definition) is 2. The van der Waals surface area contributed by atoms with Gasteiger partial charge in [0, 0.05) is 29.6 Å². The zero-order valence-corrected chi connectivity index (χ0v) is 11.3. The number of aryl methyl sites for hydroxylation is 1. The molecule has 0 saturated heterocycles. The van der Waals surface area contributed by atoms with E-state index in [9.17, 15) is 9.18 Å². The monoisotopic (exact) mass is 279 g/mol. The predicted molar refractivity (Wildman–Crippen MR) is 73.7 cm³/mol. The zero-order chi connectivity index (χ0) is 13.8. The summed E-state index contributed by atoms with van der Waals surface area (Å²) in [5, 5.41) is 5.66. The number of anilines is 1. The lowest BCUT2D eigenvalue weighted by molar-refractivity contribution is 0.0953. The highest BCUT2D eigenvalue weighted by atomic mass is 32.1. The van der Waals surface area contributed by atoms with E-state index in [1.54, 1.807) is 11.3 Å². The molecule has 3 N–H and O–H groups in total. The minimum atomic E-state index is -0.580. The molecule has 0 aliphatic carbocycles. The van der Waals surface area contributed by atoms with Crippen molar-refractivity contribution < 1.29 is 9.18 Å². The van der Waals surface area contributed by atoms with Crippen LogP contribution in [0.1, 0.15) is 21.1 Å². The van der Waals surface area contributed by atoms with Gasteiger partial charge in [0.1, 0.15) is 5.82 Å². The molecular formula is C13H14FN3OS. The first kappa shape index (κ1) is 13.5. The third-order valence-corrected chi connectivity index (χ3v) is 3.58. The summed E-state index contributed by atoms with van der Waals surface area (Å²) >= 11 is 1.56. The lowest BCUT2D eigenvalue weighted by atomic mass is 10.2. The summed E-state index contributed by atoms with van der Waals surface area (Å²) in [6.07, 6.45) is 0.668. The van der Waals surface area contributed by atoms with Crippen LogP contribution in [0.15, 0.2) is 23.6 Å². The molecule has 0 fully saturated rings. The number of aromatic nitrogens is 1. The maximum absolute atomic E-state index is 13.2. The second kappa shape index (κ2) is 5.79. The number of hydrogen-bond acceptors (Lipinski definition) is 4. The van der Waals surface area contributed by atoms with Gasteiger partial charge in [-0.1, -0.05) is 0 Å². The molecule has 2 rings (SSSR count). The van der Waals surface area contributed by atoms with Crippen LogP contribution in [0, 0.1) is 12.7 Å². The Kier molecular flexibility index (Phi) is 4.11. The number of nitrogens with one attached hydrogen (secondary N) is 1. The van der Waals surface area contributed by atoms with Crippen molar-refractivity contribution in [1.29, 1.82) is 0 Å². The molecule has 0 aliphatic heterocycles. The van der Waals surface area contributed by atoms with Crippen LogP contribution in [-0.4, -0.2) is 17.4 Å². The Morgan fingerprint density at radius 2 is 2.32 bits per heavy atom. The van der Waals surface area contributed by atoms with Gasteiger partial charge >= 0.3 is 0 Å². The van der Waals surface area contributed by atoms with Gasteiger partial charge in [0.2, 0.25) is 0 Å². The van der Waals surface area contributed by atoms with Crippen molar-refractivity contribution >= 4 is 22.9 Å². The highest BCUT2D eigenvalue weighted by Crippen LogP contribution is 2.12. The van der Waals surface area contributed by atoms with Gasteiger partial charge in [0.25, 0.3) is 5.91 Å². The first-order valence-corrected chi connectivity index (χ1v) is 6.68. The second-order valence-electron chi connectivity index (χ2n) is 4.12. The molecule has 0 spiro atoms. The Bertz CT molecular complexity index is 597. The van der Waals surface area contributed by atoms with Gasteiger partial charge in [-0.05, 0) is 25.1 Å². The van der Waals surface area contributed by atoms with Crippen molar-refractivity contribution in [3.05, 3.63) is 45.7 Å². The Morgan fingerprint density at radius 1 is 1.53 bits per heavy atom. The highest BCUT2D eigenvalue weighted by molar-refractivity contribution is 7.09. The van der Waals surface area contributed by atoms with Gasteiger partial charge in [-0.3, -0.25) is 4.79 Å². The van der Waals surface area contributed by atoms with Crippen molar-refractivity contribution in [2.24, 2.45) is 0 Å². The van der Waals surface area contributed by atoms with Gasteiger partial charge in [0.15, 0.2) is 0 Å². The molecule has 1 amide bonds. The number of nitrogens with zero attached hydrogens (tertiary/aromatic N) is 1. The number of rotatable bonds is 4. The number of thiazole rings is 1. The fraction of sp³-hybridized carbons (Fsp3) is 0.231. The Labute approximate surface area is 114 Å². The molecule has 6 heteroatoms. The van der Waals surface area contributed by atoms with Crippen molar-refractivity contribution in [2.45, 2.75) is 13.3 Å². The summed E-state index contributed by atoms with van der Waals surface area (Å²) in [5.74, 6) is -0.893. The molecule has 1 aromatic carbocycles. The van der Waals surface area contributed by atoms with E-state index in [1.807, 2.05) is 12.3 Å². The summed E-state index contributed by atoms with van der Waals surface area (Å²) in [4.78, 5) is 16.1. The summed E-state index contributed by atoms with van der Waals surface area (Å²) in [6.45, 7) is 2.40. The Morgan fingerprint density at radius 3 is 2.95 bits per heavy atom. The van der Waals surface area contributed by atoms with E-state index in [1.165, 1.54) is 12.1 Å². The third-order valence-electron chi connectivity index (χ3n) is 2.55. The SMILES string of the molecule is Cc1csc(CCNC(=O)c2ccc(N)c(F)c2)n1. The molecule has 0 aliphatic rings. The smallest absolute Gasteiger partial charge is 0.251 e. The maximum Gasteiger partial charge on any atom is 0.251 e. The first-order chi connectivity index (χ1) is 9.06.